The SMILES string of the molecule is CNCCCC(=O)N(C)Cc1cccc(OC)c1OC. The van der Waals surface area contributed by atoms with E-state index in [0.717, 1.165) is 18.5 Å². The van der Waals surface area contributed by atoms with Crippen molar-refractivity contribution in [2.45, 2.75) is 19.4 Å². The number of hydrogen-bond donors (Lipinski definition) is 1. The molecule has 0 saturated heterocycles. The van der Waals surface area contributed by atoms with Crippen molar-refractivity contribution in [3.63, 3.8) is 0 Å². The van der Waals surface area contributed by atoms with Crippen molar-refractivity contribution in [3.8, 4) is 11.5 Å². The average molecular weight is 280 g/mol. The first-order valence-corrected chi connectivity index (χ1v) is 6.72. The fourth-order valence-electron chi connectivity index (χ4n) is 2.03. The summed E-state index contributed by atoms with van der Waals surface area (Å²) in [6.07, 6.45) is 1.39. The van der Waals surface area contributed by atoms with Crippen LogP contribution in [0.1, 0.15) is 18.4 Å². The van der Waals surface area contributed by atoms with Gasteiger partial charge in [0.1, 0.15) is 0 Å². The van der Waals surface area contributed by atoms with Gasteiger partial charge in [0.2, 0.25) is 5.91 Å². The van der Waals surface area contributed by atoms with Crippen LogP contribution >= 0.6 is 0 Å². The molecule has 112 valence electrons. The Balaban J connectivity index is 2.70. The van der Waals surface area contributed by atoms with Gasteiger partial charge in [-0.25, -0.2) is 0 Å². The molecule has 0 heterocycles. The topological polar surface area (TPSA) is 50.8 Å². The van der Waals surface area contributed by atoms with Crippen molar-refractivity contribution >= 4 is 5.91 Å². The van der Waals surface area contributed by atoms with Crippen molar-refractivity contribution in [2.75, 3.05) is 34.9 Å². The molecule has 20 heavy (non-hydrogen) atoms. The number of nitrogens with one attached hydrogen (secondary N) is 1. The Kier molecular flexibility index (Phi) is 6.87. The second-order valence-corrected chi connectivity index (χ2v) is 4.61. The Morgan fingerprint density at radius 2 is 2.05 bits per heavy atom. The summed E-state index contributed by atoms with van der Waals surface area (Å²) in [5.74, 6) is 1.50. The number of ether oxygens (including phenoxy) is 2. The van der Waals surface area contributed by atoms with Gasteiger partial charge in [0.25, 0.3) is 0 Å². The predicted molar refractivity (Wildman–Crippen MR) is 79.2 cm³/mol. The molecule has 0 aromatic heterocycles. The first kappa shape index (κ1) is 16.3. The molecule has 0 spiro atoms. The second-order valence-electron chi connectivity index (χ2n) is 4.61. The zero-order valence-corrected chi connectivity index (χ0v) is 12.7. The molecule has 0 radical (unpaired) electrons. The number of benzene rings is 1. The Hall–Kier alpha value is -1.75. The molecule has 1 amide bonds. The van der Waals surface area contributed by atoms with E-state index in [1.54, 1.807) is 26.2 Å². The van der Waals surface area contributed by atoms with Crippen LogP contribution in [0.5, 0.6) is 11.5 Å². The summed E-state index contributed by atoms with van der Waals surface area (Å²) in [6.45, 7) is 1.36. The lowest BCUT2D eigenvalue weighted by Gasteiger charge is -2.20. The maximum Gasteiger partial charge on any atom is 0.222 e. The third-order valence-electron chi connectivity index (χ3n) is 3.14. The van der Waals surface area contributed by atoms with E-state index in [0.29, 0.717) is 24.5 Å². The van der Waals surface area contributed by atoms with Crippen molar-refractivity contribution < 1.29 is 14.3 Å². The number of hydrogen-bond acceptors (Lipinski definition) is 4. The van der Waals surface area contributed by atoms with Crippen molar-refractivity contribution in [2.24, 2.45) is 0 Å². The summed E-state index contributed by atoms with van der Waals surface area (Å²) in [5.41, 5.74) is 0.941. The number of methoxy groups -OCH3 is 2. The van der Waals surface area contributed by atoms with Crippen LogP contribution < -0.4 is 14.8 Å². The normalized spacial score (nSPS) is 10.2. The number of carbonyl (C=O) groups is 1. The highest BCUT2D eigenvalue weighted by atomic mass is 16.5. The minimum atomic E-state index is 0.130. The van der Waals surface area contributed by atoms with Crippen LogP contribution in [0.25, 0.3) is 0 Å². The third-order valence-corrected chi connectivity index (χ3v) is 3.14. The molecule has 0 aliphatic carbocycles. The number of carbonyl (C=O) groups excluding carboxylic acids is 1. The molecular weight excluding hydrogens is 256 g/mol. The first-order chi connectivity index (χ1) is 9.63. The molecule has 0 saturated carbocycles. The lowest BCUT2D eigenvalue weighted by atomic mass is 10.1. The molecule has 5 nitrogen and oxygen atoms in total. The maximum absolute atomic E-state index is 12.0. The monoisotopic (exact) mass is 280 g/mol. The summed E-state index contributed by atoms with van der Waals surface area (Å²) in [6, 6.07) is 5.69. The van der Waals surface area contributed by atoms with Gasteiger partial charge in [-0.05, 0) is 26.1 Å². The summed E-state index contributed by atoms with van der Waals surface area (Å²) in [5, 5.41) is 3.04. The standard InChI is InChI=1S/C15H24N2O3/c1-16-10-6-9-14(18)17(2)11-12-7-5-8-13(19-3)15(12)20-4/h5,7-8,16H,6,9-11H2,1-4H3. The van der Waals surface area contributed by atoms with E-state index < -0.39 is 0 Å². The minimum absolute atomic E-state index is 0.130. The molecular formula is C15H24N2O3. The van der Waals surface area contributed by atoms with E-state index in [1.807, 2.05) is 25.2 Å². The van der Waals surface area contributed by atoms with Gasteiger partial charge in [-0.3, -0.25) is 4.79 Å². The third kappa shape index (κ3) is 4.42. The predicted octanol–water partition coefficient (Wildman–Crippen LogP) is 1.66. The maximum atomic E-state index is 12.0. The molecule has 1 aromatic carbocycles. The zero-order chi connectivity index (χ0) is 15.0. The molecule has 0 fully saturated rings. The van der Waals surface area contributed by atoms with Gasteiger partial charge in [-0.15, -0.1) is 0 Å². The molecule has 0 aliphatic rings. The van der Waals surface area contributed by atoms with Gasteiger partial charge < -0.3 is 19.7 Å². The van der Waals surface area contributed by atoms with Gasteiger partial charge >= 0.3 is 0 Å². The lowest BCUT2D eigenvalue weighted by molar-refractivity contribution is -0.130. The van der Waals surface area contributed by atoms with Crippen molar-refractivity contribution in [1.29, 1.82) is 0 Å². The molecule has 5 heteroatoms. The quantitative estimate of drug-likeness (QED) is 0.736. The first-order valence-electron chi connectivity index (χ1n) is 6.72. The van der Waals surface area contributed by atoms with E-state index in [9.17, 15) is 4.79 Å². The zero-order valence-electron chi connectivity index (χ0n) is 12.7. The highest BCUT2D eigenvalue weighted by Gasteiger charge is 2.14. The van der Waals surface area contributed by atoms with Gasteiger partial charge in [0.15, 0.2) is 11.5 Å². The van der Waals surface area contributed by atoms with Gasteiger partial charge in [0, 0.05) is 25.6 Å². The smallest absolute Gasteiger partial charge is 0.222 e. The van der Waals surface area contributed by atoms with Crippen LogP contribution in [-0.2, 0) is 11.3 Å². The number of nitrogens with zero attached hydrogens (tertiary/aromatic N) is 1. The van der Waals surface area contributed by atoms with E-state index in [4.69, 9.17) is 9.47 Å². The van der Waals surface area contributed by atoms with E-state index in [2.05, 4.69) is 5.32 Å². The van der Waals surface area contributed by atoms with E-state index in [1.165, 1.54) is 0 Å². The van der Waals surface area contributed by atoms with Crippen LogP contribution in [0.4, 0.5) is 0 Å². The largest absolute Gasteiger partial charge is 0.493 e. The lowest BCUT2D eigenvalue weighted by Crippen LogP contribution is -2.27. The molecule has 1 N–H and O–H groups in total. The van der Waals surface area contributed by atoms with Crippen LogP contribution in [0.3, 0.4) is 0 Å². The summed E-state index contributed by atoms with van der Waals surface area (Å²) >= 11 is 0. The van der Waals surface area contributed by atoms with Crippen LogP contribution in [0.15, 0.2) is 18.2 Å². The van der Waals surface area contributed by atoms with E-state index >= 15 is 0 Å². The Bertz CT molecular complexity index is 435. The molecule has 1 aromatic rings. The molecule has 0 bridgehead atoms. The molecule has 0 atom stereocenters. The minimum Gasteiger partial charge on any atom is -0.493 e. The number of rotatable bonds is 8. The number of amides is 1. The summed E-state index contributed by atoms with van der Waals surface area (Å²) < 4.78 is 10.6. The fourth-order valence-corrected chi connectivity index (χ4v) is 2.03. The van der Waals surface area contributed by atoms with Gasteiger partial charge in [-0.2, -0.15) is 0 Å². The fraction of sp³-hybridized carbons (Fsp3) is 0.533. The molecule has 0 aliphatic heterocycles. The average Bonchev–Trinajstić information content (AvgIpc) is 2.46. The summed E-state index contributed by atoms with van der Waals surface area (Å²) in [4.78, 5) is 13.7. The number of para-hydroxylation sites is 1. The van der Waals surface area contributed by atoms with Gasteiger partial charge in [0.05, 0.1) is 14.2 Å². The van der Waals surface area contributed by atoms with Crippen LogP contribution in [0.2, 0.25) is 0 Å². The van der Waals surface area contributed by atoms with Crippen LogP contribution in [-0.4, -0.2) is 45.7 Å². The van der Waals surface area contributed by atoms with Gasteiger partial charge in [-0.1, -0.05) is 12.1 Å². The Morgan fingerprint density at radius 1 is 1.30 bits per heavy atom. The van der Waals surface area contributed by atoms with Crippen LogP contribution in [0, 0.1) is 0 Å². The molecule has 0 unspecified atom stereocenters. The highest BCUT2D eigenvalue weighted by Crippen LogP contribution is 2.31. The Labute approximate surface area is 120 Å². The van der Waals surface area contributed by atoms with Crippen molar-refractivity contribution in [3.05, 3.63) is 23.8 Å². The molecule has 1 rings (SSSR count). The summed E-state index contributed by atoms with van der Waals surface area (Å²) in [7, 11) is 6.90. The second kappa shape index (κ2) is 8.43. The van der Waals surface area contributed by atoms with E-state index in [-0.39, 0.29) is 5.91 Å². The highest BCUT2D eigenvalue weighted by molar-refractivity contribution is 5.76. The van der Waals surface area contributed by atoms with Crippen molar-refractivity contribution in [1.82, 2.24) is 10.2 Å². The Morgan fingerprint density at radius 3 is 2.65 bits per heavy atom.